The Labute approximate surface area is 176 Å². The van der Waals surface area contributed by atoms with Crippen LogP contribution in [0.5, 0.6) is 11.5 Å². The van der Waals surface area contributed by atoms with Crippen molar-refractivity contribution < 1.29 is 14.3 Å². The Morgan fingerprint density at radius 3 is 2.62 bits per heavy atom. The molecule has 6 heteroatoms. The average Bonchev–Trinajstić information content (AvgIpc) is 3.53. The van der Waals surface area contributed by atoms with Crippen LogP contribution in [0, 0.1) is 0 Å². The Hall–Kier alpha value is -2.86. The molecule has 150 valence electrons. The summed E-state index contributed by atoms with van der Waals surface area (Å²) < 4.78 is 11.4. The van der Waals surface area contributed by atoms with Crippen molar-refractivity contribution in [2.45, 2.75) is 38.8 Å². The fourth-order valence-corrected chi connectivity index (χ4v) is 3.71. The molecule has 0 aromatic heterocycles. The van der Waals surface area contributed by atoms with Gasteiger partial charge in [-0.3, -0.25) is 9.69 Å². The summed E-state index contributed by atoms with van der Waals surface area (Å²) >= 11 is 5.32. The standard InChI is InChI=1S/C23H24N2O3S/c1-3-15-4-9-19(10-5-15)28-14-17-12-16(6-11-21(17)27-2)13-20-22(26)25(18-7-8-18)23(29)24-20/h4-6,9-13,18H,3,7-8,14H2,1-2H3,(H,24,29)/b20-13+. The minimum atomic E-state index is -0.0536. The molecule has 1 aliphatic carbocycles. The highest BCUT2D eigenvalue weighted by Gasteiger charge is 2.41. The van der Waals surface area contributed by atoms with Gasteiger partial charge in [-0.2, -0.15) is 0 Å². The summed E-state index contributed by atoms with van der Waals surface area (Å²) in [5.41, 5.74) is 3.58. The van der Waals surface area contributed by atoms with Gasteiger partial charge in [0.1, 0.15) is 23.8 Å². The van der Waals surface area contributed by atoms with Crippen molar-refractivity contribution in [2.24, 2.45) is 0 Å². The molecule has 2 aromatic rings. The van der Waals surface area contributed by atoms with Gasteiger partial charge in [-0.1, -0.05) is 25.1 Å². The predicted octanol–water partition coefficient (Wildman–Crippen LogP) is 4.06. The monoisotopic (exact) mass is 408 g/mol. The fourth-order valence-electron chi connectivity index (χ4n) is 3.36. The summed E-state index contributed by atoms with van der Waals surface area (Å²) in [6, 6.07) is 14.1. The predicted molar refractivity (Wildman–Crippen MR) is 117 cm³/mol. The lowest BCUT2D eigenvalue weighted by atomic mass is 10.1. The zero-order chi connectivity index (χ0) is 20.4. The van der Waals surface area contributed by atoms with Gasteiger partial charge in [-0.25, -0.2) is 0 Å². The maximum Gasteiger partial charge on any atom is 0.276 e. The second kappa shape index (κ2) is 8.25. The molecular weight excluding hydrogens is 384 g/mol. The van der Waals surface area contributed by atoms with E-state index in [0.717, 1.165) is 41.9 Å². The van der Waals surface area contributed by atoms with Gasteiger partial charge in [0, 0.05) is 11.6 Å². The van der Waals surface area contributed by atoms with E-state index in [9.17, 15) is 4.79 Å². The second-order valence-electron chi connectivity index (χ2n) is 7.25. The van der Waals surface area contributed by atoms with E-state index < -0.39 is 0 Å². The number of methoxy groups -OCH3 is 1. The molecule has 1 amide bonds. The lowest BCUT2D eigenvalue weighted by Gasteiger charge is -2.12. The lowest BCUT2D eigenvalue weighted by Crippen LogP contribution is -2.32. The van der Waals surface area contributed by atoms with Crippen molar-refractivity contribution in [1.82, 2.24) is 10.2 Å². The average molecular weight is 409 g/mol. The maximum absolute atomic E-state index is 12.6. The zero-order valence-corrected chi connectivity index (χ0v) is 17.4. The quantitative estimate of drug-likeness (QED) is 0.553. The smallest absolute Gasteiger partial charge is 0.276 e. The highest BCUT2D eigenvalue weighted by atomic mass is 32.1. The Morgan fingerprint density at radius 2 is 1.97 bits per heavy atom. The number of ether oxygens (including phenoxy) is 2. The number of carbonyl (C=O) groups excluding carboxylic acids is 1. The molecule has 1 N–H and O–H groups in total. The van der Waals surface area contributed by atoms with Gasteiger partial charge in [-0.15, -0.1) is 0 Å². The van der Waals surface area contributed by atoms with Crippen LogP contribution in [0.4, 0.5) is 0 Å². The Bertz CT molecular complexity index is 965. The Morgan fingerprint density at radius 1 is 1.21 bits per heavy atom. The highest BCUT2D eigenvalue weighted by Crippen LogP contribution is 2.31. The lowest BCUT2D eigenvalue weighted by molar-refractivity contribution is -0.122. The third kappa shape index (κ3) is 4.27. The molecule has 0 bridgehead atoms. The first-order valence-corrected chi connectivity index (χ1v) is 10.2. The highest BCUT2D eigenvalue weighted by molar-refractivity contribution is 7.80. The van der Waals surface area contributed by atoms with Crippen LogP contribution in [0.25, 0.3) is 6.08 Å². The molecule has 1 heterocycles. The van der Waals surface area contributed by atoms with E-state index in [2.05, 4.69) is 24.4 Å². The van der Waals surface area contributed by atoms with Gasteiger partial charge >= 0.3 is 0 Å². The van der Waals surface area contributed by atoms with Crippen LogP contribution in [0.15, 0.2) is 48.2 Å². The topological polar surface area (TPSA) is 50.8 Å². The number of hydrogen-bond donors (Lipinski definition) is 1. The first kappa shape index (κ1) is 19.5. The van der Waals surface area contributed by atoms with Gasteiger partial charge in [-0.05, 0) is 72.9 Å². The summed E-state index contributed by atoms with van der Waals surface area (Å²) in [6.45, 7) is 2.50. The number of nitrogens with one attached hydrogen (secondary N) is 1. The molecule has 29 heavy (non-hydrogen) atoms. The van der Waals surface area contributed by atoms with Crippen LogP contribution in [0.1, 0.15) is 36.5 Å². The molecular formula is C23H24N2O3S. The van der Waals surface area contributed by atoms with Crippen LogP contribution in [0.2, 0.25) is 0 Å². The third-order valence-electron chi connectivity index (χ3n) is 5.16. The van der Waals surface area contributed by atoms with Crippen LogP contribution in [0.3, 0.4) is 0 Å². The van der Waals surface area contributed by atoms with E-state index in [1.54, 1.807) is 12.0 Å². The molecule has 0 atom stereocenters. The van der Waals surface area contributed by atoms with E-state index in [0.29, 0.717) is 17.4 Å². The molecule has 5 nitrogen and oxygen atoms in total. The number of benzene rings is 2. The first-order chi connectivity index (χ1) is 14.1. The number of nitrogens with zero attached hydrogens (tertiary/aromatic N) is 1. The maximum atomic E-state index is 12.6. The molecule has 1 aliphatic heterocycles. The molecule has 0 spiro atoms. The number of hydrogen-bond acceptors (Lipinski definition) is 4. The molecule has 1 saturated heterocycles. The third-order valence-corrected chi connectivity index (χ3v) is 5.46. The van der Waals surface area contributed by atoms with Crippen molar-refractivity contribution in [3.8, 4) is 11.5 Å². The van der Waals surface area contributed by atoms with Crippen LogP contribution in [-0.2, 0) is 17.8 Å². The molecule has 0 radical (unpaired) electrons. The van der Waals surface area contributed by atoms with Crippen molar-refractivity contribution >= 4 is 29.3 Å². The van der Waals surface area contributed by atoms with E-state index in [-0.39, 0.29) is 11.9 Å². The van der Waals surface area contributed by atoms with Gasteiger partial charge in [0.05, 0.1) is 7.11 Å². The Kier molecular flexibility index (Phi) is 5.53. The van der Waals surface area contributed by atoms with Crippen molar-refractivity contribution in [3.63, 3.8) is 0 Å². The van der Waals surface area contributed by atoms with Crippen molar-refractivity contribution in [3.05, 3.63) is 64.9 Å². The number of thiocarbonyl (C=S) groups is 1. The minimum Gasteiger partial charge on any atom is -0.496 e. The number of rotatable bonds is 7. The zero-order valence-electron chi connectivity index (χ0n) is 16.6. The summed E-state index contributed by atoms with van der Waals surface area (Å²) in [6.07, 6.45) is 4.86. The number of carbonyl (C=O) groups is 1. The van der Waals surface area contributed by atoms with E-state index in [1.165, 1.54) is 5.56 Å². The first-order valence-electron chi connectivity index (χ1n) is 9.84. The molecule has 2 fully saturated rings. The van der Waals surface area contributed by atoms with E-state index in [4.69, 9.17) is 21.7 Å². The summed E-state index contributed by atoms with van der Waals surface area (Å²) in [7, 11) is 1.64. The van der Waals surface area contributed by atoms with Gasteiger partial charge in [0.2, 0.25) is 0 Å². The summed E-state index contributed by atoms with van der Waals surface area (Å²) in [5, 5.41) is 3.54. The largest absolute Gasteiger partial charge is 0.496 e. The summed E-state index contributed by atoms with van der Waals surface area (Å²) in [5.74, 6) is 1.51. The van der Waals surface area contributed by atoms with Crippen LogP contribution >= 0.6 is 12.2 Å². The molecule has 2 aromatic carbocycles. The van der Waals surface area contributed by atoms with Crippen molar-refractivity contribution in [2.75, 3.05) is 7.11 Å². The fraction of sp³-hybridized carbons (Fsp3) is 0.304. The van der Waals surface area contributed by atoms with Crippen molar-refractivity contribution in [1.29, 1.82) is 0 Å². The van der Waals surface area contributed by atoms with Crippen LogP contribution in [-0.4, -0.2) is 29.1 Å². The van der Waals surface area contributed by atoms with Crippen LogP contribution < -0.4 is 14.8 Å². The molecule has 2 aliphatic rings. The SMILES string of the molecule is CCc1ccc(OCc2cc(/C=C3/NC(=S)N(C4CC4)C3=O)ccc2OC)cc1. The number of aryl methyl sites for hydroxylation is 1. The normalized spacial score (nSPS) is 17.6. The Balaban J connectivity index is 1.51. The minimum absolute atomic E-state index is 0.0536. The van der Waals surface area contributed by atoms with E-state index >= 15 is 0 Å². The van der Waals surface area contributed by atoms with Gasteiger partial charge in [0.25, 0.3) is 5.91 Å². The van der Waals surface area contributed by atoms with Gasteiger partial charge in [0.15, 0.2) is 5.11 Å². The van der Waals surface area contributed by atoms with Gasteiger partial charge < -0.3 is 14.8 Å². The van der Waals surface area contributed by atoms with E-state index in [1.807, 2.05) is 36.4 Å². The molecule has 4 rings (SSSR count). The molecule has 0 unspecified atom stereocenters. The summed E-state index contributed by atoms with van der Waals surface area (Å²) in [4.78, 5) is 14.3. The molecule has 1 saturated carbocycles. The number of amides is 1. The second-order valence-corrected chi connectivity index (χ2v) is 7.64.